The lowest BCUT2D eigenvalue weighted by Gasteiger charge is -2.35. The number of piperazine rings is 1. The molecule has 0 aromatic heterocycles. The summed E-state index contributed by atoms with van der Waals surface area (Å²) in [5, 5.41) is 6.63. The van der Waals surface area contributed by atoms with Gasteiger partial charge >= 0.3 is 0 Å². The molecule has 0 aliphatic carbocycles. The molecular formula is C30H34N4O. The first-order chi connectivity index (χ1) is 17.1. The van der Waals surface area contributed by atoms with Gasteiger partial charge in [-0.3, -0.25) is 14.6 Å². The number of aryl methyl sites for hydroxylation is 2. The molecular weight excluding hydrogens is 432 g/mol. The zero-order chi connectivity index (χ0) is 24.2. The van der Waals surface area contributed by atoms with E-state index in [-0.39, 0.29) is 11.9 Å². The van der Waals surface area contributed by atoms with E-state index in [4.69, 9.17) is 5.10 Å². The Bertz CT molecular complexity index is 1180. The second kappa shape index (κ2) is 10.5. The van der Waals surface area contributed by atoms with Gasteiger partial charge < -0.3 is 0 Å². The summed E-state index contributed by atoms with van der Waals surface area (Å²) in [7, 11) is 0. The van der Waals surface area contributed by atoms with Gasteiger partial charge in [-0.25, -0.2) is 5.01 Å². The van der Waals surface area contributed by atoms with E-state index in [1.165, 1.54) is 16.7 Å². The molecule has 0 saturated carbocycles. The molecule has 1 amide bonds. The van der Waals surface area contributed by atoms with Crippen LogP contribution in [0.5, 0.6) is 0 Å². The molecule has 1 fully saturated rings. The molecule has 1 atom stereocenters. The summed E-state index contributed by atoms with van der Waals surface area (Å²) < 4.78 is 0. The molecule has 0 radical (unpaired) electrons. The van der Waals surface area contributed by atoms with Crippen LogP contribution in [0.2, 0.25) is 0 Å². The van der Waals surface area contributed by atoms with E-state index in [1.807, 2.05) is 18.2 Å². The Morgan fingerprint density at radius 2 is 1.49 bits per heavy atom. The molecule has 3 aromatic carbocycles. The van der Waals surface area contributed by atoms with E-state index < -0.39 is 0 Å². The number of hydrogen-bond acceptors (Lipinski definition) is 4. The summed E-state index contributed by atoms with van der Waals surface area (Å²) in [4.78, 5) is 18.3. The number of rotatable bonds is 6. The third kappa shape index (κ3) is 5.53. The summed E-state index contributed by atoms with van der Waals surface area (Å²) >= 11 is 0. The molecule has 0 N–H and O–H groups in total. The summed E-state index contributed by atoms with van der Waals surface area (Å²) in [5.74, 6) is 0.0780. The molecule has 2 aliphatic rings. The molecule has 5 nitrogen and oxygen atoms in total. The fourth-order valence-electron chi connectivity index (χ4n) is 4.98. The first kappa shape index (κ1) is 23.5. The quantitative estimate of drug-likeness (QED) is 0.524. The maximum absolute atomic E-state index is 13.5. The third-order valence-corrected chi connectivity index (χ3v) is 7.26. The maximum Gasteiger partial charge on any atom is 0.257 e. The lowest BCUT2D eigenvalue weighted by atomic mass is 9.96. The molecule has 2 aliphatic heterocycles. The zero-order valence-corrected chi connectivity index (χ0v) is 20.7. The topological polar surface area (TPSA) is 39.2 Å². The SMILES string of the molecule is Cc1ccc(C2=NN(C(=O)CN3CCN(Cc4ccccc4)CC3)[C@@H](c3ccccc3)C2)cc1C. The molecule has 180 valence electrons. The van der Waals surface area contributed by atoms with Crippen LogP contribution in [0.15, 0.2) is 84.0 Å². The van der Waals surface area contributed by atoms with Crippen LogP contribution in [-0.4, -0.2) is 59.2 Å². The average Bonchev–Trinajstić information content (AvgIpc) is 3.34. The first-order valence-corrected chi connectivity index (χ1v) is 12.6. The van der Waals surface area contributed by atoms with Crippen LogP contribution in [0, 0.1) is 13.8 Å². The largest absolute Gasteiger partial charge is 0.297 e. The fraction of sp³-hybridized carbons (Fsp3) is 0.333. The van der Waals surface area contributed by atoms with Gasteiger partial charge in [0.1, 0.15) is 0 Å². The van der Waals surface area contributed by atoms with Crippen LogP contribution in [0.1, 0.15) is 40.3 Å². The normalized spacial score (nSPS) is 19.1. The van der Waals surface area contributed by atoms with Crippen LogP contribution in [0.4, 0.5) is 0 Å². The van der Waals surface area contributed by atoms with E-state index in [0.717, 1.165) is 56.0 Å². The van der Waals surface area contributed by atoms with Crippen LogP contribution in [-0.2, 0) is 11.3 Å². The lowest BCUT2D eigenvalue weighted by Crippen LogP contribution is -2.49. The van der Waals surface area contributed by atoms with Gasteiger partial charge in [0, 0.05) is 39.1 Å². The van der Waals surface area contributed by atoms with E-state index in [0.29, 0.717) is 6.54 Å². The molecule has 5 rings (SSSR count). The van der Waals surface area contributed by atoms with Gasteiger partial charge in [-0.15, -0.1) is 0 Å². The number of amides is 1. The highest BCUT2D eigenvalue weighted by Gasteiger charge is 2.34. The number of hydrazone groups is 1. The molecule has 1 saturated heterocycles. The van der Waals surface area contributed by atoms with Crippen LogP contribution in [0.3, 0.4) is 0 Å². The van der Waals surface area contributed by atoms with Crippen molar-refractivity contribution in [1.82, 2.24) is 14.8 Å². The first-order valence-electron chi connectivity index (χ1n) is 12.6. The predicted molar refractivity (Wildman–Crippen MR) is 141 cm³/mol. The smallest absolute Gasteiger partial charge is 0.257 e. The van der Waals surface area contributed by atoms with Crippen molar-refractivity contribution in [2.45, 2.75) is 32.9 Å². The number of carbonyl (C=O) groups excluding carboxylic acids is 1. The maximum atomic E-state index is 13.5. The van der Waals surface area contributed by atoms with Crippen molar-refractivity contribution in [3.05, 3.63) is 107 Å². The van der Waals surface area contributed by atoms with Crippen molar-refractivity contribution in [2.24, 2.45) is 5.10 Å². The van der Waals surface area contributed by atoms with Gasteiger partial charge in [-0.1, -0.05) is 72.8 Å². The zero-order valence-electron chi connectivity index (χ0n) is 20.7. The lowest BCUT2D eigenvalue weighted by molar-refractivity contribution is -0.134. The van der Waals surface area contributed by atoms with E-state index in [2.05, 4.69) is 84.3 Å². The minimum Gasteiger partial charge on any atom is -0.297 e. The molecule has 0 spiro atoms. The highest BCUT2D eigenvalue weighted by molar-refractivity contribution is 6.03. The number of hydrogen-bond donors (Lipinski definition) is 0. The Kier molecular flexibility index (Phi) is 7.07. The second-order valence-electron chi connectivity index (χ2n) is 9.75. The van der Waals surface area contributed by atoms with Gasteiger partial charge in [0.15, 0.2) is 0 Å². The molecule has 2 heterocycles. The predicted octanol–water partition coefficient (Wildman–Crippen LogP) is 4.80. The Balaban J connectivity index is 1.27. The van der Waals surface area contributed by atoms with E-state index in [9.17, 15) is 4.79 Å². The summed E-state index contributed by atoms with van der Waals surface area (Å²) in [6.07, 6.45) is 0.739. The van der Waals surface area contributed by atoms with Crippen molar-refractivity contribution < 1.29 is 4.79 Å². The van der Waals surface area contributed by atoms with Gasteiger partial charge in [0.05, 0.1) is 18.3 Å². The van der Waals surface area contributed by atoms with Crippen LogP contribution in [0.25, 0.3) is 0 Å². The van der Waals surface area contributed by atoms with Crippen molar-refractivity contribution in [1.29, 1.82) is 0 Å². The standard InChI is InChI=1S/C30H34N4O/c1-23-13-14-27(19-24(23)2)28-20-29(26-11-7-4-8-12-26)34(31-28)30(35)22-33-17-15-32(16-18-33)21-25-9-5-3-6-10-25/h3-14,19,29H,15-18,20-22H2,1-2H3/t29-/m1/s1. The van der Waals surface area contributed by atoms with Crippen LogP contribution < -0.4 is 0 Å². The Morgan fingerprint density at radius 1 is 0.829 bits per heavy atom. The van der Waals surface area contributed by atoms with Gasteiger partial charge in [-0.2, -0.15) is 5.10 Å². The highest BCUT2D eigenvalue weighted by atomic mass is 16.2. The number of benzene rings is 3. The fourth-order valence-corrected chi connectivity index (χ4v) is 4.98. The molecule has 5 heteroatoms. The minimum absolute atomic E-state index is 0.0559. The molecule has 35 heavy (non-hydrogen) atoms. The van der Waals surface area contributed by atoms with E-state index >= 15 is 0 Å². The Labute approximate surface area is 208 Å². The van der Waals surface area contributed by atoms with E-state index in [1.54, 1.807) is 5.01 Å². The number of carbonyl (C=O) groups is 1. The Morgan fingerprint density at radius 3 is 2.17 bits per heavy atom. The summed E-state index contributed by atoms with van der Waals surface area (Å²) in [5.41, 5.74) is 7.09. The van der Waals surface area contributed by atoms with Gasteiger partial charge in [0.25, 0.3) is 5.91 Å². The monoisotopic (exact) mass is 466 g/mol. The third-order valence-electron chi connectivity index (χ3n) is 7.26. The summed E-state index contributed by atoms with van der Waals surface area (Å²) in [6, 6.07) is 27.3. The van der Waals surface area contributed by atoms with Crippen LogP contribution >= 0.6 is 0 Å². The van der Waals surface area contributed by atoms with Crippen molar-refractivity contribution >= 4 is 11.6 Å². The Hall–Kier alpha value is -3.28. The molecule has 0 bridgehead atoms. The highest BCUT2D eigenvalue weighted by Crippen LogP contribution is 2.33. The van der Waals surface area contributed by atoms with Crippen molar-refractivity contribution in [2.75, 3.05) is 32.7 Å². The molecule has 0 unspecified atom stereocenters. The second-order valence-corrected chi connectivity index (χ2v) is 9.75. The van der Waals surface area contributed by atoms with Crippen molar-refractivity contribution in [3.63, 3.8) is 0 Å². The van der Waals surface area contributed by atoms with Gasteiger partial charge in [0.2, 0.25) is 0 Å². The minimum atomic E-state index is -0.0559. The van der Waals surface area contributed by atoms with Crippen molar-refractivity contribution in [3.8, 4) is 0 Å². The summed E-state index contributed by atoms with van der Waals surface area (Å²) in [6.45, 7) is 9.37. The number of nitrogens with zero attached hydrogens (tertiary/aromatic N) is 4. The average molecular weight is 467 g/mol. The molecule has 3 aromatic rings. The van der Waals surface area contributed by atoms with Gasteiger partial charge in [-0.05, 0) is 47.7 Å².